The molecular formula is C19H27NO6. The van der Waals surface area contributed by atoms with Gasteiger partial charge in [-0.2, -0.15) is 0 Å². The predicted octanol–water partition coefficient (Wildman–Crippen LogP) is 3.57. The Balaban J connectivity index is 2.82. The third-order valence-corrected chi connectivity index (χ3v) is 4.37. The van der Waals surface area contributed by atoms with Gasteiger partial charge in [0.2, 0.25) is 0 Å². The summed E-state index contributed by atoms with van der Waals surface area (Å²) in [4.78, 5) is 35.4. The molecule has 0 saturated heterocycles. The van der Waals surface area contributed by atoms with E-state index in [0.29, 0.717) is 18.6 Å². The molecule has 1 aromatic heterocycles. The highest BCUT2D eigenvalue weighted by Gasteiger charge is 2.26. The quantitative estimate of drug-likeness (QED) is 0.682. The molecule has 0 fully saturated rings. The topological polar surface area (TPSA) is 106 Å². The molecule has 0 aliphatic rings. The van der Waals surface area contributed by atoms with Gasteiger partial charge in [0, 0.05) is 24.1 Å². The van der Waals surface area contributed by atoms with E-state index in [4.69, 9.17) is 4.42 Å². The standard InChI is InChI=1S/C19H27NO6/c1-11(2)13(4)17(22)16-14(21)10-15(26-18(16)23)12(3)8-6-7-9-20-19(24)25-5/h7,9-13,21H,6,8H2,1-5H3,(H,20,24)/b9-7+. The van der Waals surface area contributed by atoms with E-state index in [9.17, 15) is 19.5 Å². The zero-order valence-corrected chi connectivity index (χ0v) is 15.9. The van der Waals surface area contributed by atoms with Gasteiger partial charge in [0.15, 0.2) is 5.78 Å². The number of Topliss-reactive ketones (excluding diaryl/α,β-unsaturated/α-hetero) is 1. The number of alkyl carbamates (subject to hydrolysis) is 1. The predicted molar refractivity (Wildman–Crippen MR) is 97.3 cm³/mol. The van der Waals surface area contributed by atoms with Gasteiger partial charge in [-0.15, -0.1) is 0 Å². The molecule has 0 aliphatic heterocycles. The second-order valence-corrected chi connectivity index (χ2v) is 6.61. The van der Waals surface area contributed by atoms with Crippen LogP contribution in [0.4, 0.5) is 4.79 Å². The summed E-state index contributed by atoms with van der Waals surface area (Å²) in [6.07, 6.45) is 3.90. The lowest BCUT2D eigenvalue weighted by Crippen LogP contribution is -2.24. The van der Waals surface area contributed by atoms with Gasteiger partial charge in [0.25, 0.3) is 0 Å². The number of rotatable bonds is 8. The van der Waals surface area contributed by atoms with E-state index in [1.54, 1.807) is 13.0 Å². The van der Waals surface area contributed by atoms with Crippen LogP contribution in [-0.4, -0.2) is 24.1 Å². The van der Waals surface area contributed by atoms with E-state index >= 15 is 0 Å². The van der Waals surface area contributed by atoms with Gasteiger partial charge in [-0.25, -0.2) is 9.59 Å². The Bertz CT molecular complexity index is 719. The number of ether oxygens (including phenoxy) is 1. The molecule has 1 amide bonds. The molecule has 7 heteroatoms. The van der Waals surface area contributed by atoms with E-state index in [1.165, 1.54) is 19.4 Å². The van der Waals surface area contributed by atoms with Crippen molar-refractivity contribution >= 4 is 11.9 Å². The van der Waals surface area contributed by atoms with Gasteiger partial charge in [-0.3, -0.25) is 10.1 Å². The molecule has 0 bridgehead atoms. The number of amides is 1. The molecule has 1 aromatic rings. The summed E-state index contributed by atoms with van der Waals surface area (Å²) in [5, 5.41) is 12.6. The number of hydrogen-bond acceptors (Lipinski definition) is 6. The van der Waals surface area contributed by atoms with Gasteiger partial charge < -0.3 is 14.3 Å². The molecule has 1 rings (SSSR count). The molecule has 2 atom stereocenters. The van der Waals surface area contributed by atoms with Crippen molar-refractivity contribution in [1.29, 1.82) is 0 Å². The molecule has 2 unspecified atom stereocenters. The molecule has 1 heterocycles. The first kappa shape index (κ1) is 21.5. The highest BCUT2D eigenvalue weighted by molar-refractivity contribution is 5.99. The summed E-state index contributed by atoms with van der Waals surface area (Å²) < 4.78 is 9.69. The van der Waals surface area contributed by atoms with E-state index in [0.717, 1.165) is 0 Å². The van der Waals surface area contributed by atoms with Crippen LogP contribution in [0, 0.1) is 11.8 Å². The van der Waals surface area contributed by atoms with Crippen LogP contribution in [0.25, 0.3) is 0 Å². The molecule has 0 saturated carbocycles. The third-order valence-electron chi connectivity index (χ3n) is 4.37. The van der Waals surface area contributed by atoms with Crippen molar-refractivity contribution in [3.05, 3.63) is 40.1 Å². The number of carbonyl (C=O) groups is 2. The maximum atomic E-state index is 12.4. The van der Waals surface area contributed by atoms with Crippen molar-refractivity contribution in [2.24, 2.45) is 11.8 Å². The third kappa shape index (κ3) is 5.75. The van der Waals surface area contributed by atoms with Crippen molar-refractivity contribution in [1.82, 2.24) is 5.32 Å². The Morgan fingerprint density at radius 1 is 1.31 bits per heavy atom. The zero-order chi connectivity index (χ0) is 19.9. The van der Waals surface area contributed by atoms with E-state index < -0.39 is 17.5 Å². The van der Waals surface area contributed by atoms with Crippen LogP contribution in [0.3, 0.4) is 0 Å². The molecule has 144 valence electrons. The van der Waals surface area contributed by atoms with Crippen molar-refractivity contribution in [3.8, 4) is 5.75 Å². The van der Waals surface area contributed by atoms with Gasteiger partial charge in [-0.05, 0) is 18.8 Å². The fraction of sp³-hybridized carbons (Fsp3) is 0.526. The Morgan fingerprint density at radius 3 is 2.50 bits per heavy atom. The second-order valence-electron chi connectivity index (χ2n) is 6.61. The van der Waals surface area contributed by atoms with Crippen LogP contribution in [0.15, 0.2) is 27.6 Å². The van der Waals surface area contributed by atoms with Gasteiger partial charge >= 0.3 is 11.7 Å². The molecule has 0 aromatic carbocycles. The summed E-state index contributed by atoms with van der Waals surface area (Å²) in [7, 11) is 1.27. The Kier molecular flexibility index (Phi) is 8.09. The lowest BCUT2D eigenvalue weighted by molar-refractivity contribution is 0.0891. The highest BCUT2D eigenvalue weighted by Crippen LogP contribution is 2.27. The van der Waals surface area contributed by atoms with Crippen molar-refractivity contribution < 1.29 is 23.8 Å². The Morgan fingerprint density at radius 2 is 1.96 bits per heavy atom. The maximum Gasteiger partial charge on any atom is 0.410 e. The fourth-order valence-corrected chi connectivity index (χ4v) is 2.26. The molecule has 26 heavy (non-hydrogen) atoms. The number of methoxy groups -OCH3 is 1. The van der Waals surface area contributed by atoms with Crippen LogP contribution >= 0.6 is 0 Å². The highest BCUT2D eigenvalue weighted by atomic mass is 16.5. The smallest absolute Gasteiger partial charge is 0.410 e. The van der Waals surface area contributed by atoms with Crippen molar-refractivity contribution in [2.75, 3.05) is 7.11 Å². The molecular weight excluding hydrogens is 338 g/mol. The first-order valence-electron chi connectivity index (χ1n) is 8.59. The van der Waals surface area contributed by atoms with Crippen LogP contribution in [-0.2, 0) is 4.74 Å². The van der Waals surface area contributed by atoms with Crippen molar-refractivity contribution in [3.63, 3.8) is 0 Å². The maximum absolute atomic E-state index is 12.4. The van der Waals surface area contributed by atoms with E-state index in [1.807, 2.05) is 20.8 Å². The lowest BCUT2D eigenvalue weighted by Gasteiger charge is -2.15. The zero-order valence-electron chi connectivity index (χ0n) is 15.9. The molecule has 0 aliphatic carbocycles. The second kappa shape index (κ2) is 9.79. The first-order valence-corrected chi connectivity index (χ1v) is 8.59. The summed E-state index contributed by atoms with van der Waals surface area (Å²) in [6, 6.07) is 1.34. The fourth-order valence-electron chi connectivity index (χ4n) is 2.26. The number of carbonyl (C=O) groups excluding carboxylic acids is 2. The molecule has 0 spiro atoms. The minimum Gasteiger partial charge on any atom is -0.507 e. The van der Waals surface area contributed by atoms with Crippen LogP contribution in [0.5, 0.6) is 5.75 Å². The number of nitrogens with one attached hydrogen (secondary N) is 1. The minimum absolute atomic E-state index is 0.0466. The van der Waals surface area contributed by atoms with Crippen LogP contribution in [0.2, 0.25) is 0 Å². The number of allylic oxidation sites excluding steroid dienone is 1. The van der Waals surface area contributed by atoms with Crippen LogP contribution < -0.4 is 10.9 Å². The van der Waals surface area contributed by atoms with E-state index in [2.05, 4.69) is 10.1 Å². The minimum atomic E-state index is -0.813. The average molecular weight is 365 g/mol. The number of hydrogen-bond donors (Lipinski definition) is 2. The summed E-state index contributed by atoms with van der Waals surface area (Å²) >= 11 is 0. The van der Waals surface area contributed by atoms with E-state index in [-0.39, 0.29) is 29.1 Å². The number of aromatic hydroxyl groups is 1. The van der Waals surface area contributed by atoms with Gasteiger partial charge in [0.05, 0.1) is 7.11 Å². The van der Waals surface area contributed by atoms with Gasteiger partial charge in [0.1, 0.15) is 17.1 Å². The lowest BCUT2D eigenvalue weighted by atomic mass is 9.90. The summed E-state index contributed by atoms with van der Waals surface area (Å²) in [5.41, 5.74) is -1.10. The first-order chi connectivity index (χ1) is 12.2. The Hall–Kier alpha value is -2.57. The average Bonchev–Trinajstić information content (AvgIpc) is 2.59. The van der Waals surface area contributed by atoms with Crippen LogP contribution in [0.1, 0.15) is 62.6 Å². The SMILES string of the molecule is COC(=O)N/C=C/CCC(C)c1cc(O)c(C(=O)C(C)C(C)C)c(=O)o1. The number of ketones is 1. The summed E-state index contributed by atoms with van der Waals surface area (Å²) in [5.74, 6) is -0.936. The molecule has 2 N–H and O–H groups in total. The van der Waals surface area contributed by atoms with Gasteiger partial charge in [-0.1, -0.05) is 33.8 Å². The monoisotopic (exact) mass is 365 g/mol. The van der Waals surface area contributed by atoms with Crippen molar-refractivity contribution in [2.45, 2.75) is 46.5 Å². The summed E-state index contributed by atoms with van der Waals surface area (Å²) in [6.45, 7) is 7.31. The molecule has 0 radical (unpaired) electrons. The molecule has 7 nitrogen and oxygen atoms in total. The normalized spacial score (nSPS) is 13.6. The largest absolute Gasteiger partial charge is 0.507 e. The Labute approximate surface area is 153 Å².